The van der Waals surface area contributed by atoms with E-state index in [0.29, 0.717) is 28.9 Å². The Bertz CT molecular complexity index is 1340. The zero-order valence-electron chi connectivity index (χ0n) is 19.2. The molecule has 8 heteroatoms. The monoisotopic (exact) mass is 473 g/mol. The number of aliphatic hydroxyl groups is 1. The van der Waals surface area contributed by atoms with Gasteiger partial charge in [0.15, 0.2) is 0 Å². The molecule has 1 amide bonds. The van der Waals surface area contributed by atoms with E-state index >= 15 is 0 Å². The summed E-state index contributed by atoms with van der Waals surface area (Å²) in [7, 11) is 1.29. The smallest absolute Gasteiger partial charge is 0.337 e. The molecular formula is C27H23NO7. The van der Waals surface area contributed by atoms with Crippen LogP contribution >= 0.6 is 0 Å². The lowest BCUT2D eigenvalue weighted by atomic mass is 9.94. The van der Waals surface area contributed by atoms with Crippen molar-refractivity contribution in [2.75, 3.05) is 7.11 Å². The highest BCUT2D eigenvalue weighted by Crippen LogP contribution is 2.41. The lowest BCUT2D eigenvalue weighted by Crippen LogP contribution is -2.29. The first-order valence-electron chi connectivity index (χ1n) is 11.2. The van der Waals surface area contributed by atoms with Gasteiger partial charge < -0.3 is 23.9 Å². The van der Waals surface area contributed by atoms with Crippen molar-refractivity contribution in [2.24, 2.45) is 0 Å². The number of Topliss-reactive ketones (excluding diaryl/α,β-unsaturated/α-hetero) is 1. The molecule has 2 unspecified atom stereocenters. The van der Waals surface area contributed by atoms with Crippen LogP contribution in [0.25, 0.3) is 5.76 Å². The van der Waals surface area contributed by atoms with Gasteiger partial charge in [-0.15, -0.1) is 0 Å². The van der Waals surface area contributed by atoms with E-state index in [1.54, 1.807) is 54.6 Å². The molecule has 1 saturated heterocycles. The second kappa shape index (κ2) is 8.79. The molecule has 35 heavy (non-hydrogen) atoms. The van der Waals surface area contributed by atoms with Crippen LogP contribution in [0.1, 0.15) is 45.8 Å². The van der Waals surface area contributed by atoms with Gasteiger partial charge in [0.1, 0.15) is 23.4 Å². The molecule has 0 bridgehead atoms. The Balaban J connectivity index is 1.61. The number of hydrogen-bond acceptors (Lipinski definition) is 7. The zero-order chi connectivity index (χ0) is 24.7. The number of nitrogens with zero attached hydrogens (tertiary/aromatic N) is 1. The molecule has 3 heterocycles. The van der Waals surface area contributed by atoms with Gasteiger partial charge in [-0.25, -0.2) is 4.79 Å². The highest BCUT2D eigenvalue weighted by molar-refractivity contribution is 6.46. The number of ether oxygens (including phenoxy) is 2. The number of fused-ring (bicyclic) bond motifs is 1. The fraction of sp³-hybridized carbons (Fsp3) is 0.222. The van der Waals surface area contributed by atoms with Crippen LogP contribution in [0.15, 0.2) is 70.9 Å². The number of carbonyl (C=O) groups is 3. The van der Waals surface area contributed by atoms with Crippen LogP contribution in [0.3, 0.4) is 0 Å². The van der Waals surface area contributed by atoms with E-state index in [2.05, 4.69) is 0 Å². The summed E-state index contributed by atoms with van der Waals surface area (Å²) in [6, 6.07) is 14.1. The summed E-state index contributed by atoms with van der Waals surface area (Å²) in [5, 5.41) is 11.3. The number of esters is 1. The van der Waals surface area contributed by atoms with Crippen LogP contribution in [0.5, 0.6) is 5.75 Å². The molecule has 1 aromatic heterocycles. The molecule has 1 fully saturated rings. The Morgan fingerprint density at radius 2 is 1.86 bits per heavy atom. The van der Waals surface area contributed by atoms with E-state index in [0.717, 1.165) is 11.3 Å². The van der Waals surface area contributed by atoms with Gasteiger partial charge in [0.25, 0.3) is 11.7 Å². The minimum atomic E-state index is -0.879. The molecule has 0 radical (unpaired) electrons. The van der Waals surface area contributed by atoms with Gasteiger partial charge in [-0.2, -0.15) is 0 Å². The maximum absolute atomic E-state index is 13.2. The normalized spacial score (nSPS) is 20.6. The average molecular weight is 473 g/mol. The predicted molar refractivity (Wildman–Crippen MR) is 125 cm³/mol. The molecule has 1 N–H and O–H groups in total. The first-order chi connectivity index (χ1) is 16.9. The van der Waals surface area contributed by atoms with E-state index in [1.165, 1.54) is 18.3 Å². The lowest BCUT2D eigenvalue weighted by molar-refractivity contribution is -0.140. The number of ketones is 1. The third kappa shape index (κ3) is 3.97. The molecule has 0 spiro atoms. The number of benzene rings is 2. The summed E-state index contributed by atoms with van der Waals surface area (Å²) < 4.78 is 15.9. The third-order valence-corrected chi connectivity index (χ3v) is 6.26. The van der Waals surface area contributed by atoms with Gasteiger partial charge in [0.2, 0.25) is 0 Å². The van der Waals surface area contributed by atoms with Crippen molar-refractivity contribution in [1.29, 1.82) is 0 Å². The van der Waals surface area contributed by atoms with Crippen molar-refractivity contribution in [2.45, 2.75) is 32.0 Å². The Morgan fingerprint density at radius 3 is 2.54 bits per heavy atom. The van der Waals surface area contributed by atoms with Crippen molar-refractivity contribution >= 4 is 23.4 Å². The number of hydrogen-bond donors (Lipinski definition) is 1. The number of likely N-dealkylation sites (tertiary alicyclic amines) is 1. The van der Waals surface area contributed by atoms with Crippen molar-refractivity contribution in [3.63, 3.8) is 0 Å². The third-order valence-electron chi connectivity index (χ3n) is 6.26. The average Bonchev–Trinajstić information content (AvgIpc) is 3.57. The number of carbonyl (C=O) groups excluding carboxylic acids is 3. The molecule has 8 nitrogen and oxygen atoms in total. The Morgan fingerprint density at radius 1 is 1.11 bits per heavy atom. The lowest BCUT2D eigenvalue weighted by Gasteiger charge is -2.24. The first kappa shape index (κ1) is 22.5. The number of aliphatic hydroxyl groups excluding tert-OH is 1. The van der Waals surface area contributed by atoms with Gasteiger partial charge in [-0.1, -0.05) is 12.1 Å². The fourth-order valence-electron chi connectivity index (χ4n) is 4.60. The number of rotatable bonds is 5. The molecule has 178 valence electrons. The van der Waals surface area contributed by atoms with Crippen molar-refractivity contribution < 1.29 is 33.4 Å². The number of amides is 1. The zero-order valence-corrected chi connectivity index (χ0v) is 19.2. The van der Waals surface area contributed by atoms with E-state index in [4.69, 9.17) is 13.9 Å². The van der Waals surface area contributed by atoms with Gasteiger partial charge in [0, 0.05) is 12.0 Å². The maximum Gasteiger partial charge on any atom is 0.337 e. The second-order valence-electron chi connectivity index (χ2n) is 8.58. The number of methoxy groups -OCH3 is 1. The van der Waals surface area contributed by atoms with Gasteiger partial charge in [-0.05, 0) is 60.5 Å². The molecule has 0 saturated carbocycles. The van der Waals surface area contributed by atoms with Crippen molar-refractivity contribution in [3.8, 4) is 5.75 Å². The van der Waals surface area contributed by atoms with E-state index in [9.17, 15) is 19.5 Å². The van der Waals surface area contributed by atoms with Crippen LogP contribution < -0.4 is 4.74 Å². The van der Waals surface area contributed by atoms with E-state index < -0.39 is 23.7 Å². The molecule has 0 aliphatic carbocycles. The second-order valence-corrected chi connectivity index (χ2v) is 8.58. The summed E-state index contributed by atoms with van der Waals surface area (Å²) in [6.07, 6.45) is 2.19. The maximum atomic E-state index is 13.2. The minimum Gasteiger partial charge on any atom is -0.507 e. The SMILES string of the molecule is COC(=O)c1ccc(C2C(=C(O)c3ccc4c(c3)CC(C)O4)C(=O)C(=O)N2Cc2ccco2)cc1. The fourth-order valence-corrected chi connectivity index (χ4v) is 4.60. The topological polar surface area (TPSA) is 106 Å². The predicted octanol–water partition coefficient (Wildman–Crippen LogP) is 4.01. The van der Waals surface area contributed by atoms with Gasteiger partial charge in [0.05, 0.1) is 37.1 Å². The Labute approximate surface area is 201 Å². The first-order valence-corrected chi connectivity index (χ1v) is 11.2. The number of furan rings is 1. The standard InChI is InChI=1S/C27H23NO7/c1-15-12-19-13-18(9-10-21(19)35-15)24(29)22-23(16-5-7-17(8-6-16)27(32)33-2)28(26(31)25(22)30)14-20-4-3-11-34-20/h3-11,13,15,23,29H,12,14H2,1-2H3. The van der Waals surface area contributed by atoms with Crippen LogP contribution in [-0.2, 0) is 27.3 Å². The summed E-state index contributed by atoms with van der Waals surface area (Å²) in [5.74, 6) is -1.08. The quantitative estimate of drug-likeness (QED) is 0.258. The van der Waals surface area contributed by atoms with Crippen molar-refractivity contribution in [3.05, 3.63) is 94.4 Å². The highest BCUT2D eigenvalue weighted by atomic mass is 16.5. The molecule has 5 rings (SSSR count). The molecule has 3 aromatic rings. The molecule has 2 atom stereocenters. The van der Waals surface area contributed by atoms with Crippen molar-refractivity contribution in [1.82, 2.24) is 4.90 Å². The molecule has 2 aromatic carbocycles. The van der Waals surface area contributed by atoms with Gasteiger partial charge >= 0.3 is 5.97 Å². The van der Waals surface area contributed by atoms with Crippen LogP contribution in [0.4, 0.5) is 0 Å². The van der Waals surface area contributed by atoms with E-state index in [1.807, 2.05) is 6.92 Å². The summed E-state index contributed by atoms with van der Waals surface area (Å²) in [6.45, 7) is 1.99. The van der Waals surface area contributed by atoms with Crippen LogP contribution in [0, 0.1) is 0 Å². The van der Waals surface area contributed by atoms with Crippen LogP contribution in [-0.4, -0.2) is 40.9 Å². The summed E-state index contributed by atoms with van der Waals surface area (Å²) in [4.78, 5) is 39.6. The Kier molecular flexibility index (Phi) is 5.64. The highest BCUT2D eigenvalue weighted by Gasteiger charge is 2.46. The van der Waals surface area contributed by atoms with E-state index in [-0.39, 0.29) is 24.0 Å². The van der Waals surface area contributed by atoms with Crippen LogP contribution in [0.2, 0.25) is 0 Å². The Hall–Kier alpha value is -4.33. The largest absolute Gasteiger partial charge is 0.507 e. The molecular weight excluding hydrogens is 450 g/mol. The summed E-state index contributed by atoms with van der Waals surface area (Å²) in [5.41, 5.74) is 2.20. The van der Waals surface area contributed by atoms with Gasteiger partial charge in [-0.3, -0.25) is 9.59 Å². The molecule has 2 aliphatic heterocycles. The summed E-state index contributed by atoms with van der Waals surface area (Å²) >= 11 is 0. The molecule has 2 aliphatic rings. The minimum absolute atomic E-state index is 0.0228.